The molecule has 0 radical (unpaired) electrons. The van der Waals surface area contributed by atoms with E-state index in [1.807, 2.05) is 11.9 Å². The third kappa shape index (κ3) is 6.61. The summed E-state index contributed by atoms with van der Waals surface area (Å²) in [5, 5.41) is 2.24. The molecule has 17 heteroatoms. The zero-order valence-electron chi connectivity index (χ0n) is 25.0. The third-order valence-electron chi connectivity index (χ3n) is 7.57. The maximum atomic E-state index is 15.5. The Hall–Kier alpha value is -5.06. The molecular formula is C30H27F7N6O4. The molecule has 1 aliphatic heterocycles. The van der Waals surface area contributed by atoms with Crippen molar-refractivity contribution < 1.29 is 45.0 Å². The fraction of sp³-hybridized carbons (Fsp3) is 0.300. The first kappa shape index (κ1) is 33.3. The second-order valence-electron chi connectivity index (χ2n) is 10.5. The molecule has 0 atom stereocenters. The van der Waals surface area contributed by atoms with Crippen molar-refractivity contribution in [1.82, 2.24) is 19.2 Å². The minimum atomic E-state index is -5.05. The number of carbonyl (C=O) groups excluding carboxylic acids is 1. The Balaban J connectivity index is 1.72. The van der Waals surface area contributed by atoms with Gasteiger partial charge in [-0.25, -0.2) is 13.8 Å². The molecule has 250 valence electrons. The maximum absolute atomic E-state index is 15.5. The summed E-state index contributed by atoms with van der Waals surface area (Å²) in [5.74, 6) is -4.97. The van der Waals surface area contributed by atoms with Crippen LogP contribution in [0.15, 0.2) is 53.5 Å². The van der Waals surface area contributed by atoms with Gasteiger partial charge in [0.15, 0.2) is 5.82 Å². The van der Waals surface area contributed by atoms with E-state index in [9.17, 15) is 31.5 Å². The zero-order chi connectivity index (χ0) is 34.2. The number of hydrogen-bond acceptors (Lipinski definition) is 7. The SMILES string of the molecule is COc1cc(F)c(-c2c(NC(=O)c3ccc(OC(F)F)cc3)c(=O)n(-c3nccc(N4CCN(C)CC4)c3C(F)(F)F)n2C)c(F)c1. The summed E-state index contributed by atoms with van der Waals surface area (Å²) in [6, 6.07) is 6.98. The van der Waals surface area contributed by atoms with E-state index < -0.39 is 64.2 Å². The number of piperazine rings is 1. The van der Waals surface area contributed by atoms with Gasteiger partial charge in [-0.2, -0.15) is 26.6 Å². The van der Waals surface area contributed by atoms with E-state index in [1.54, 1.807) is 0 Å². The number of amides is 1. The number of nitrogens with one attached hydrogen (secondary N) is 1. The first-order valence-electron chi connectivity index (χ1n) is 13.9. The molecule has 0 saturated carbocycles. The highest BCUT2D eigenvalue weighted by Gasteiger charge is 2.41. The molecule has 1 fully saturated rings. The van der Waals surface area contributed by atoms with Crippen molar-refractivity contribution in [2.24, 2.45) is 7.05 Å². The number of anilines is 2. The van der Waals surface area contributed by atoms with Crippen LogP contribution in [0.1, 0.15) is 15.9 Å². The number of aromatic nitrogens is 3. The molecule has 0 aliphatic carbocycles. The molecule has 1 aliphatic rings. The lowest BCUT2D eigenvalue weighted by Crippen LogP contribution is -2.45. The van der Waals surface area contributed by atoms with Crippen LogP contribution in [0.4, 0.5) is 42.1 Å². The molecule has 1 saturated heterocycles. The van der Waals surface area contributed by atoms with Crippen molar-refractivity contribution in [2.75, 3.05) is 50.6 Å². The predicted molar refractivity (Wildman–Crippen MR) is 156 cm³/mol. The van der Waals surface area contributed by atoms with E-state index in [0.717, 1.165) is 61.4 Å². The number of halogens is 7. The van der Waals surface area contributed by atoms with Gasteiger partial charge in [-0.1, -0.05) is 0 Å². The Morgan fingerprint density at radius 3 is 2.13 bits per heavy atom. The standard InChI is InChI=1S/C30H27F7N6O4/c1-40-10-12-42(13-11-40)21-8-9-38-26(23(21)30(35,36)37)43-28(45)24(39-27(44)16-4-6-17(7-5-16)47-29(33)34)25(41(43)2)22-19(31)14-18(46-3)15-20(22)32/h4-9,14-15,29H,10-13H2,1-3H3,(H,39,44). The maximum Gasteiger partial charge on any atom is 0.422 e. The van der Waals surface area contributed by atoms with Gasteiger partial charge >= 0.3 is 12.8 Å². The van der Waals surface area contributed by atoms with E-state index in [1.165, 1.54) is 11.0 Å². The van der Waals surface area contributed by atoms with Gasteiger partial charge in [0, 0.05) is 57.1 Å². The lowest BCUT2D eigenvalue weighted by atomic mass is 10.1. The smallest absolute Gasteiger partial charge is 0.422 e. The first-order chi connectivity index (χ1) is 22.2. The molecule has 0 bridgehead atoms. The van der Waals surface area contributed by atoms with Crippen molar-refractivity contribution in [3.8, 4) is 28.6 Å². The first-order valence-corrected chi connectivity index (χ1v) is 13.9. The number of likely N-dealkylation sites (N-methyl/N-ethyl adjacent to an activating group) is 1. The number of methoxy groups -OCH3 is 1. The van der Waals surface area contributed by atoms with Crippen LogP contribution in [-0.4, -0.2) is 72.1 Å². The molecule has 2 aromatic carbocycles. The van der Waals surface area contributed by atoms with Crippen molar-refractivity contribution >= 4 is 17.3 Å². The largest absolute Gasteiger partial charge is 0.497 e. The van der Waals surface area contributed by atoms with Gasteiger partial charge in [0.25, 0.3) is 11.5 Å². The second kappa shape index (κ2) is 13.0. The summed E-state index contributed by atoms with van der Waals surface area (Å²) in [4.78, 5) is 34.6. The number of benzene rings is 2. The molecule has 4 aromatic rings. The Kier molecular flexibility index (Phi) is 9.20. The van der Waals surface area contributed by atoms with Crippen LogP contribution < -0.4 is 25.2 Å². The quantitative estimate of drug-likeness (QED) is 0.260. The summed E-state index contributed by atoms with van der Waals surface area (Å²) in [5.41, 5.74) is -5.30. The van der Waals surface area contributed by atoms with Gasteiger partial charge in [0.2, 0.25) is 0 Å². The van der Waals surface area contributed by atoms with Crippen LogP contribution >= 0.6 is 0 Å². The molecule has 1 N–H and O–H groups in total. The van der Waals surface area contributed by atoms with E-state index >= 15 is 8.78 Å². The normalized spacial score (nSPS) is 14.1. The number of alkyl halides is 5. The molecule has 2 aromatic heterocycles. The Morgan fingerprint density at radius 1 is 0.957 bits per heavy atom. The summed E-state index contributed by atoms with van der Waals surface area (Å²) < 4.78 is 111. The Morgan fingerprint density at radius 2 is 1.57 bits per heavy atom. The van der Waals surface area contributed by atoms with Crippen molar-refractivity contribution in [1.29, 1.82) is 0 Å². The average molecular weight is 669 g/mol. The number of rotatable bonds is 8. The number of carbonyl (C=O) groups is 1. The highest BCUT2D eigenvalue weighted by Crippen LogP contribution is 2.41. The van der Waals surface area contributed by atoms with E-state index in [0.29, 0.717) is 17.8 Å². The molecule has 47 heavy (non-hydrogen) atoms. The zero-order valence-corrected chi connectivity index (χ0v) is 25.0. The number of nitrogens with zero attached hydrogens (tertiary/aromatic N) is 5. The Labute approximate surface area is 262 Å². The molecule has 1 amide bonds. The van der Waals surface area contributed by atoms with E-state index in [4.69, 9.17) is 4.74 Å². The minimum Gasteiger partial charge on any atom is -0.497 e. The van der Waals surface area contributed by atoms with Crippen LogP contribution in [0.2, 0.25) is 0 Å². The lowest BCUT2D eigenvalue weighted by Gasteiger charge is -2.35. The minimum absolute atomic E-state index is 0.200. The summed E-state index contributed by atoms with van der Waals surface area (Å²) in [7, 11) is 4.06. The fourth-order valence-electron chi connectivity index (χ4n) is 5.29. The van der Waals surface area contributed by atoms with Crippen molar-refractivity contribution in [3.05, 3.63) is 81.8 Å². The molecule has 3 heterocycles. The van der Waals surface area contributed by atoms with Crippen LogP contribution in [0.25, 0.3) is 17.1 Å². The van der Waals surface area contributed by atoms with Crippen molar-refractivity contribution in [2.45, 2.75) is 12.8 Å². The number of ether oxygens (including phenoxy) is 2. The summed E-state index contributed by atoms with van der Waals surface area (Å²) >= 11 is 0. The van der Waals surface area contributed by atoms with Crippen LogP contribution in [-0.2, 0) is 13.2 Å². The highest BCUT2D eigenvalue weighted by molar-refractivity contribution is 6.06. The Bertz CT molecular complexity index is 1830. The van der Waals surface area contributed by atoms with Crippen LogP contribution in [0.5, 0.6) is 11.5 Å². The molecule has 10 nitrogen and oxygen atoms in total. The highest BCUT2D eigenvalue weighted by atomic mass is 19.4. The van der Waals surface area contributed by atoms with E-state index in [-0.39, 0.29) is 35.8 Å². The topological polar surface area (TPSA) is 93.9 Å². The van der Waals surface area contributed by atoms with Gasteiger partial charge in [0.1, 0.15) is 40.1 Å². The van der Waals surface area contributed by atoms with Gasteiger partial charge < -0.3 is 24.6 Å². The average Bonchev–Trinajstić information content (AvgIpc) is 3.24. The second-order valence-corrected chi connectivity index (χ2v) is 10.5. The monoisotopic (exact) mass is 668 g/mol. The van der Waals surface area contributed by atoms with Gasteiger partial charge in [-0.3, -0.25) is 14.3 Å². The van der Waals surface area contributed by atoms with Crippen LogP contribution in [0.3, 0.4) is 0 Å². The summed E-state index contributed by atoms with van der Waals surface area (Å²) in [6.45, 7) is -1.74. The molecule has 0 spiro atoms. The fourth-order valence-corrected chi connectivity index (χ4v) is 5.29. The predicted octanol–water partition coefficient (Wildman–Crippen LogP) is 5.15. The lowest BCUT2D eigenvalue weighted by molar-refractivity contribution is -0.137. The van der Waals surface area contributed by atoms with E-state index in [2.05, 4.69) is 15.0 Å². The third-order valence-corrected chi connectivity index (χ3v) is 7.57. The van der Waals surface area contributed by atoms with Gasteiger partial charge in [-0.05, 0) is 37.4 Å². The number of hydrogen-bond donors (Lipinski definition) is 1. The van der Waals surface area contributed by atoms with Gasteiger partial charge in [0.05, 0.1) is 18.4 Å². The van der Waals surface area contributed by atoms with Gasteiger partial charge in [-0.15, -0.1) is 0 Å². The number of pyridine rings is 1. The molecule has 0 unspecified atom stereocenters. The summed E-state index contributed by atoms with van der Waals surface area (Å²) in [6.07, 6.45) is -3.97. The molecular weight excluding hydrogens is 641 g/mol. The van der Waals surface area contributed by atoms with Crippen molar-refractivity contribution in [3.63, 3.8) is 0 Å². The van der Waals surface area contributed by atoms with Crippen LogP contribution in [0, 0.1) is 11.6 Å². The molecule has 5 rings (SSSR count).